The van der Waals surface area contributed by atoms with E-state index in [2.05, 4.69) is 10.3 Å². The van der Waals surface area contributed by atoms with Crippen LogP contribution in [0.3, 0.4) is 0 Å². The van der Waals surface area contributed by atoms with Crippen molar-refractivity contribution in [1.82, 2.24) is 15.2 Å². The fourth-order valence-corrected chi connectivity index (χ4v) is 5.11. The van der Waals surface area contributed by atoms with Gasteiger partial charge in [0.05, 0.1) is 34.3 Å². The summed E-state index contributed by atoms with van der Waals surface area (Å²) in [5.41, 5.74) is 9.24. The number of aryl methyl sites for hydroxylation is 1. The highest BCUT2D eigenvalue weighted by molar-refractivity contribution is 7.13. The average molecular weight is 470 g/mol. The number of nitrogens with two attached hydrogens (primary N) is 1. The summed E-state index contributed by atoms with van der Waals surface area (Å²) in [5.74, 6) is -0.108. The minimum atomic E-state index is -1.12. The van der Waals surface area contributed by atoms with Crippen LogP contribution in [0.25, 0.3) is 10.4 Å². The van der Waals surface area contributed by atoms with Crippen LogP contribution in [0.4, 0.5) is 0 Å². The lowest BCUT2D eigenvalue weighted by Gasteiger charge is -2.32. The van der Waals surface area contributed by atoms with Gasteiger partial charge in [-0.05, 0) is 30.4 Å². The summed E-state index contributed by atoms with van der Waals surface area (Å²) in [7, 11) is 0. The number of likely N-dealkylation sites (tertiary alicyclic amines) is 1. The van der Waals surface area contributed by atoms with Crippen molar-refractivity contribution in [2.45, 2.75) is 64.8 Å². The second-order valence-corrected chi connectivity index (χ2v) is 11.0. The van der Waals surface area contributed by atoms with Crippen molar-refractivity contribution in [2.75, 3.05) is 6.54 Å². The molecule has 0 spiro atoms. The molecule has 0 radical (unpaired) electrons. The van der Waals surface area contributed by atoms with Gasteiger partial charge in [0, 0.05) is 13.0 Å². The van der Waals surface area contributed by atoms with Gasteiger partial charge in [-0.15, -0.1) is 11.3 Å². The number of rotatable bonds is 4. The van der Waals surface area contributed by atoms with Gasteiger partial charge in [0.1, 0.15) is 5.84 Å². The molecule has 1 aromatic heterocycles. The third kappa shape index (κ3) is 4.20. The minimum absolute atomic E-state index is 0.168. The van der Waals surface area contributed by atoms with E-state index in [0.717, 1.165) is 21.7 Å². The van der Waals surface area contributed by atoms with Crippen molar-refractivity contribution in [3.8, 4) is 10.4 Å². The fourth-order valence-electron chi connectivity index (χ4n) is 4.30. The molecule has 2 aromatic rings. The molecule has 2 aliphatic heterocycles. The molecule has 1 saturated heterocycles. The number of aliphatic hydroxyl groups is 1. The molecule has 9 heteroatoms. The summed E-state index contributed by atoms with van der Waals surface area (Å²) >= 11 is 1.58. The van der Waals surface area contributed by atoms with Crippen LogP contribution >= 0.6 is 11.3 Å². The summed E-state index contributed by atoms with van der Waals surface area (Å²) in [6, 6.07) is 6.51. The fraction of sp³-hybridized carbons (Fsp3) is 0.500. The number of hydrogen-bond acceptors (Lipinski definition) is 7. The van der Waals surface area contributed by atoms with Crippen molar-refractivity contribution in [1.29, 1.82) is 0 Å². The highest BCUT2D eigenvalue weighted by Crippen LogP contribution is 2.35. The lowest BCUT2D eigenvalue weighted by molar-refractivity contribution is -0.135. The predicted octanol–water partition coefficient (Wildman–Crippen LogP) is 2.20. The molecule has 2 amide bonds. The van der Waals surface area contributed by atoms with Crippen LogP contribution in [0.5, 0.6) is 0 Å². The molecule has 4 N–H and O–H groups in total. The Morgan fingerprint density at radius 3 is 2.58 bits per heavy atom. The maximum Gasteiger partial charge on any atom is 0.257 e. The first-order valence-corrected chi connectivity index (χ1v) is 12.0. The second-order valence-electron chi connectivity index (χ2n) is 10.1. The first kappa shape index (κ1) is 23.5. The smallest absolute Gasteiger partial charge is 0.257 e. The van der Waals surface area contributed by atoms with Crippen molar-refractivity contribution >= 4 is 29.0 Å². The first-order chi connectivity index (χ1) is 15.4. The highest BCUT2D eigenvalue weighted by Gasteiger charge is 2.48. The zero-order chi connectivity index (χ0) is 24.1. The molecular formula is C24H31N5O3S. The number of β-amino-alcohol motifs (C(OH)–C–C–N with tert-alkyl or cyclic N) is 1. The molecule has 33 heavy (non-hydrogen) atoms. The topological polar surface area (TPSA) is 121 Å². The molecule has 3 heterocycles. The monoisotopic (exact) mass is 469 g/mol. The quantitative estimate of drug-likeness (QED) is 0.634. The molecule has 0 bridgehead atoms. The highest BCUT2D eigenvalue weighted by atomic mass is 32.1. The molecule has 0 aliphatic carbocycles. The molecule has 8 nitrogen and oxygen atoms in total. The summed E-state index contributed by atoms with van der Waals surface area (Å²) in [5, 5.41) is 13.2. The maximum absolute atomic E-state index is 13.1. The van der Waals surface area contributed by atoms with E-state index in [1.54, 1.807) is 23.2 Å². The summed E-state index contributed by atoms with van der Waals surface area (Å²) < 4.78 is 0. The average Bonchev–Trinajstić information content (AvgIpc) is 3.44. The molecule has 1 unspecified atom stereocenters. The third-order valence-corrected chi connectivity index (χ3v) is 7.54. The number of thiazole rings is 1. The third-order valence-electron chi connectivity index (χ3n) is 6.56. The Kier molecular flexibility index (Phi) is 5.92. The van der Waals surface area contributed by atoms with E-state index in [0.29, 0.717) is 12.3 Å². The Bertz CT molecular complexity index is 1100. The Labute approximate surface area is 197 Å². The number of nitrogens with zero attached hydrogens (tertiary/aromatic N) is 3. The first-order valence-electron chi connectivity index (χ1n) is 11.1. The Balaban J connectivity index is 1.62. The molecule has 1 aromatic carbocycles. The Morgan fingerprint density at radius 1 is 1.33 bits per heavy atom. The van der Waals surface area contributed by atoms with Crippen LogP contribution in [-0.4, -0.2) is 57.4 Å². The van der Waals surface area contributed by atoms with E-state index < -0.39 is 29.1 Å². The normalized spacial score (nSPS) is 26.3. The zero-order valence-electron chi connectivity index (χ0n) is 19.6. The number of aliphatic imine (C=N–C) groups is 1. The molecule has 176 valence electrons. The van der Waals surface area contributed by atoms with Crippen LogP contribution in [-0.2, 0) is 15.1 Å². The van der Waals surface area contributed by atoms with Crippen LogP contribution < -0.4 is 11.1 Å². The number of amidine groups is 1. The molecule has 4 atom stereocenters. The SMILES string of the molecule is Cc1ncsc1-c1ccc([C@]2(C)N=C([C@@H]3C[C@@H](O)CN3C(=O)C(N)C(C)(C)C)NC2=O)cc1. The van der Waals surface area contributed by atoms with E-state index in [4.69, 9.17) is 10.7 Å². The van der Waals surface area contributed by atoms with Gasteiger partial charge in [-0.25, -0.2) is 9.98 Å². The maximum atomic E-state index is 13.1. The van der Waals surface area contributed by atoms with Gasteiger partial charge in [-0.3, -0.25) is 9.59 Å². The van der Waals surface area contributed by atoms with Gasteiger partial charge >= 0.3 is 0 Å². The standard InChI is InChI=1S/C24H31N5O3S/c1-13-18(33-12-26-13)14-6-8-15(9-7-14)24(5)22(32)27-20(28-24)17-10-16(30)11-29(17)21(31)19(25)23(2,3)4/h6-9,12,16-17,19,30H,10-11,25H2,1-5H3,(H,27,28,32)/t16-,17+,19?,24+/m1/s1. The second kappa shape index (κ2) is 8.30. The molecule has 2 aliphatic rings. The Morgan fingerprint density at radius 2 is 2.00 bits per heavy atom. The van der Waals surface area contributed by atoms with Crippen molar-refractivity contribution < 1.29 is 14.7 Å². The Hall–Kier alpha value is -2.62. The number of hydrogen-bond donors (Lipinski definition) is 3. The molecular weight excluding hydrogens is 438 g/mol. The van der Waals surface area contributed by atoms with Crippen LogP contribution in [0.2, 0.25) is 0 Å². The van der Waals surface area contributed by atoms with Gasteiger partial charge in [0.15, 0.2) is 5.54 Å². The lowest BCUT2D eigenvalue weighted by Crippen LogP contribution is -2.54. The van der Waals surface area contributed by atoms with Gasteiger partial charge in [0.2, 0.25) is 5.91 Å². The van der Waals surface area contributed by atoms with Crippen LogP contribution in [0, 0.1) is 12.3 Å². The minimum Gasteiger partial charge on any atom is -0.391 e. The number of aromatic nitrogens is 1. The number of carbonyl (C=O) groups excluding carboxylic acids is 2. The van der Waals surface area contributed by atoms with Crippen LogP contribution in [0.15, 0.2) is 34.8 Å². The van der Waals surface area contributed by atoms with Gasteiger partial charge in [-0.2, -0.15) is 0 Å². The molecule has 4 rings (SSSR count). The summed E-state index contributed by atoms with van der Waals surface area (Å²) in [4.78, 5) is 37.9. The van der Waals surface area contributed by atoms with Crippen LogP contribution in [0.1, 0.15) is 45.4 Å². The van der Waals surface area contributed by atoms with E-state index in [1.807, 2.05) is 57.5 Å². The largest absolute Gasteiger partial charge is 0.391 e. The van der Waals surface area contributed by atoms with E-state index in [1.165, 1.54) is 0 Å². The number of benzene rings is 1. The van der Waals surface area contributed by atoms with Crippen molar-refractivity contribution in [3.63, 3.8) is 0 Å². The molecule has 1 fully saturated rings. The van der Waals surface area contributed by atoms with E-state index in [9.17, 15) is 14.7 Å². The summed E-state index contributed by atoms with van der Waals surface area (Å²) in [6.07, 6.45) is -0.388. The van der Waals surface area contributed by atoms with Gasteiger partial charge in [-0.1, -0.05) is 45.0 Å². The number of aliphatic hydroxyl groups excluding tert-OH is 1. The number of nitrogens with one attached hydrogen (secondary N) is 1. The van der Waals surface area contributed by atoms with E-state index in [-0.39, 0.29) is 18.4 Å². The molecule has 0 saturated carbocycles. The number of amides is 2. The lowest BCUT2D eigenvalue weighted by atomic mass is 9.86. The predicted molar refractivity (Wildman–Crippen MR) is 129 cm³/mol. The zero-order valence-corrected chi connectivity index (χ0v) is 20.4. The van der Waals surface area contributed by atoms with Crippen molar-refractivity contribution in [2.24, 2.45) is 16.1 Å². The van der Waals surface area contributed by atoms with Gasteiger partial charge < -0.3 is 21.1 Å². The van der Waals surface area contributed by atoms with Crippen molar-refractivity contribution in [3.05, 3.63) is 41.0 Å². The van der Waals surface area contributed by atoms with Gasteiger partial charge in [0.25, 0.3) is 5.91 Å². The number of carbonyl (C=O) groups is 2. The van der Waals surface area contributed by atoms with E-state index >= 15 is 0 Å². The summed E-state index contributed by atoms with van der Waals surface area (Å²) in [6.45, 7) is 9.61.